The van der Waals surface area contributed by atoms with Crippen molar-refractivity contribution in [1.82, 2.24) is 0 Å². The highest BCUT2D eigenvalue weighted by molar-refractivity contribution is 9.10. The Hall–Kier alpha value is -1.21. The molecule has 7 heteroatoms. The van der Waals surface area contributed by atoms with E-state index in [4.69, 9.17) is 10.5 Å². The van der Waals surface area contributed by atoms with Crippen molar-refractivity contribution in [2.24, 2.45) is 5.73 Å². The zero-order valence-corrected chi connectivity index (χ0v) is 12.5. The molecule has 0 bridgehead atoms. The van der Waals surface area contributed by atoms with Crippen molar-refractivity contribution in [3.8, 4) is 5.75 Å². The minimum Gasteiger partial charge on any atom is -0.485 e. The summed E-state index contributed by atoms with van der Waals surface area (Å²) >= 11 is 3.00. The average Bonchev–Trinajstić information content (AvgIpc) is 2.40. The molecule has 0 atom stereocenters. The SMILES string of the molecule is NC1(COc2cc(Br)c(F)cc2[N+](=O)[O-])CCCCC1. The first-order valence-electron chi connectivity index (χ1n) is 6.46. The molecule has 0 spiro atoms. The lowest BCUT2D eigenvalue weighted by Crippen LogP contribution is -2.47. The Morgan fingerprint density at radius 1 is 1.40 bits per heavy atom. The Labute approximate surface area is 124 Å². The number of nitrogens with zero attached hydrogens (tertiary/aromatic N) is 1. The molecule has 1 fully saturated rings. The molecule has 0 heterocycles. The maximum Gasteiger partial charge on any atom is 0.313 e. The van der Waals surface area contributed by atoms with Gasteiger partial charge in [0.25, 0.3) is 0 Å². The largest absolute Gasteiger partial charge is 0.485 e. The fourth-order valence-corrected chi connectivity index (χ4v) is 2.72. The highest BCUT2D eigenvalue weighted by Crippen LogP contribution is 2.34. The third kappa shape index (κ3) is 3.46. The van der Waals surface area contributed by atoms with Gasteiger partial charge in [-0.3, -0.25) is 10.1 Å². The monoisotopic (exact) mass is 346 g/mol. The first kappa shape index (κ1) is 15.2. The van der Waals surface area contributed by atoms with E-state index in [0.717, 1.165) is 38.2 Å². The summed E-state index contributed by atoms with van der Waals surface area (Å²) in [6.45, 7) is 0.200. The zero-order valence-electron chi connectivity index (χ0n) is 10.9. The van der Waals surface area contributed by atoms with Gasteiger partial charge in [-0.05, 0) is 28.8 Å². The number of hydrogen-bond acceptors (Lipinski definition) is 4. The van der Waals surface area contributed by atoms with Crippen molar-refractivity contribution in [2.75, 3.05) is 6.61 Å². The molecule has 2 N–H and O–H groups in total. The van der Waals surface area contributed by atoms with Crippen LogP contribution < -0.4 is 10.5 Å². The van der Waals surface area contributed by atoms with Crippen molar-refractivity contribution < 1.29 is 14.1 Å². The van der Waals surface area contributed by atoms with Crippen LogP contribution in [0.2, 0.25) is 0 Å². The molecule has 1 saturated carbocycles. The maximum atomic E-state index is 13.4. The Morgan fingerprint density at radius 3 is 2.65 bits per heavy atom. The van der Waals surface area contributed by atoms with Crippen LogP contribution in [0.25, 0.3) is 0 Å². The Balaban J connectivity index is 2.16. The van der Waals surface area contributed by atoms with E-state index in [0.29, 0.717) is 0 Å². The zero-order chi connectivity index (χ0) is 14.8. The topological polar surface area (TPSA) is 78.4 Å². The van der Waals surface area contributed by atoms with E-state index in [1.54, 1.807) is 0 Å². The molecule has 110 valence electrons. The average molecular weight is 347 g/mol. The summed E-state index contributed by atoms with van der Waals surface area (Å²) in [5, 5.41) is 10.9. The maximum absolute atomic E-state index is 13.4. The van der Waals surface area contributed by atoms with Crippen LogP contribution in [0.4, 0.5) is 10.1 Å². The van der Waals surface area contributed by atoms with Crippen LogP contribution >= 0.6 is 15.9 Å². The molecule has 0 saturated heterocycles. The molecule has 1 aromatic rings. The fraction of sp³-hybridized carbons (Fsp3) is 0.538. The first-order valence-corrected chi connectivity index (χ1v) is 7.26. The second-order valence-corrected chi connectivity index (χ2v) is 6.06. The minimum atomic E-state index is -0.691. The molecule has 0 unspecified atom stereocenters. The normalized spacial score (nSPS) is 17.8. The molecule has 5 nitrogen and oxygen atoms in total. The van der Waals surface area contributed by atoms with Gasteiger partial charge in [-0.1, -0.05) is 19.3 Å². The molecule has 0 aromatic heterocycles. The number of rotatable bonds is 4. The van der Waals surface area contributed by atoms with Crippen LogP contribution in [0.15, 0.2) is 16.6 Å². The fourth-order valence-electron chi connectivity index (χ4n) is 2.40. The van der Waals surface area contributed by atoms with E-state index in [-0.39, 0.29) is 22.5 Å². The molecular formula is C13H16BrFN2O3. The van der Waals surface area contributed by atoms with Gasteiger partial charge in [-0.25, -0.2) is 4.39 Å². The van der Waals surface area contributed by atoms with Gasteiger partial charge in [0.15, 0.2) is 5.75 Å². The number of nitrogens with two attached hydrogens (primary N) is 1. The molecule has 0 radical (unpaired) electrons. The van der Waals surface area contributed by atoms with Gasteiger partial charge in [0.2, 0.25) is 0 Å². The molecule has 20 heavy (non-hydrogen) atoms. The van der Waals surface area contributed by atoms with E-state index in [9.17, 15) is 14.5 Å². The Kier molecular flexibility index (Phi) is 4.59. The summed E-state index contributed by atoms with van der Waals surface area (Å²) in [6.07, 6.45) is 4.90. The van der Waals surface area contributed by atoms with Crippen LogP contribution in [0, 0.1) is 15.9 Å². The lowest BCUT2D eigenvalue weighted by molar-refractivity contribution is -0.386. The first-order chi connectivity index (χ1) is 9.41. The van der Waals surface area contributed by atoms with Crippen LogP contribution in [-0.4, -0.2) is 17.1 Å². The minimum absolute atomic E-state index is 0.0404. The second kappa shape index (κ2) is 6.05. The molecule has 1 aromatic carbocycles. The van der Waals surface area contributed by atoms with Gasteiger partial charge in [0.05, 0.1) is 21.0 Å². The predicted molar refractivity (Wildman–Crippen MR) is 76.3 cm³/mol. The van der Waals surface area contributed by atoms with Gasteiger partial charge >= 0.3 is 5.69 Å². The number of nitro benzene ring substituents is 1. The number of nitro groups is 1. The number of halogens is 2. The van der Waals surface area contributed by atoms with E-state index < -0.39 is 16.3 Å². The van der Waals surface area contributed by atoms with Crippen LogP contribution in [0.3, 0.4) is 0 Å². The number of ether oxygens (including phenoxy) is 1. The van der Waals surface area contributed by atoms with Gasteiger partial charge in [0, 0.05) is 6.07 Å². The summed E-state index contributed by atoms with van der Waals surface area (Å²) in [7, 11) is 0. The van der Waals surface area contributed by atoms with Crippen molar-refractivity contribution in [3.63, 3.8) is 0 Å². The Morgan fingerprint density at radius 2 is 2.05 bits per heavy atom. The highest BCUT2D eigenvalue weighted by Gasteiger charge is 2.29. The van der Waals surface area contributed by atoms with Gasteiger partial charge < -0.3 is 10.5 Å². The summed E-state index contributed by atoms with van der Waals surface area (Å²) in [5.41, 5.74) is 5.38. The lowest BCUT2D eigenvalue weighted by atomic mass is 9.83. The summed E-state index contributed by atoms with van der Waals surface area (Å²) in [6, 6.07) is 2.13. The van der Waals surface area contributed by atoms with E-state index in [1.807, 2.05) is 0 Å². The van der Waals surface area contributed by atoms with Crippen molar-refractivity contribution in [2.45, 2.75) is 37.6 Å². The van der Waals surface area contributed by atoms with Gasteiger partial charge in [-0.2, -0.15) is 0 Å². The van der Waals surface area contributed by atoms with Crippen LogP contribution in [-0.2, 0) is 0 Å². The van der Waals surface area contributed by atoms with Crippen molar-refractivity contribution >= 4 is 21.6 Å². The quantitative estimate of drug-likeness (QED) is 0.668. The van der Waals surface area contributed by atoms with Crippen LogP contribution in [0.5, 0.6) is 5.75 Å². The molecule has 2 rings (SSSR count). The van der Waals surface area contributed by atoms with E-state index >= 15 is 0 Å². The molecule has 0 aliphatic heterocycles. The van der Waals surface area contributed by atoms with Crippen LogP contribution in [0.1, 0.15) is 32.1 Å². The summed E-state index contributed by atoms with van der Waals surface area (Å²) in [4.78, 5) is 10.3. The predicted octanol–water partition coefficient (Wildman–Crippen LogP) is 3.54. The van der Waals surface area contributed by atoms with E-state index in [1.165, 1.54) is 6.07 Å². The molecule has 1 aliphatic carbocycles. The molecule has 0 amide bonds. The summed E-state index contributed by atoms with van der Waals surface area (Å²) in [5.74, 6) is -0.650. The van der Waals surface area contributed by atoms with Crippen molar-refractivity contribution in [3.05, 3.63) is 32.5 Å². The van der Waals surface area contributed by atoms with Crippen molar-refractivity contribution in [1.29, 1.82) is 0 Å². The third-order valence-electron chi connectivity index (χ3n) is 3.56. The second-order valence-electron chi connectivity index (χ2n) is 5.20. The summed E-state index contributed by atoms with van der Waals surface area (Å²) < 4.78 is 19.0. The smallest absolute Gasteiger partial charge is 0.313 e. The lowest BCUT2D eigenvalue weighted by Gasteiger charge is -2.32. The van der Waals surface area contributed by atoms with Gasteiger partial charge in [0.1, 0.15) is 12.4 Å². The number of benzene rings is 1. The third-order valence-corrected chi connectivity index (χ3v) is 4.17. The van der Waals surface area contributed by atoms with E-state index in [2.05, 4.69) is 15.9 Å². The molecule has 1 aliphatic rings. The van der Waals surface area contributed by atoms with Gasteiger partial charge in [-0.15, -0.1) is 0 Å². The Bertz CT molecular complexity index is 519. The highest BCUT2D eigenvalue weighted by atomic mass is 79.9. The standard InChI is InChI=1S/C13H16BrFN2O3/c14-9-6-12(11(17(18)19)7-10(9)15)20-8-13(16)4-2-1-3-5-13/h6-7H,1-5,8,16H2. The number of hydrogen-bond donors (Lipinski definition) is 1. The molecular weight excluding hydrogens is 331 g/mol.